The number of hydrogen-bond acceptors (Lipinski definition) is 2. The second kappa shape index (κ2) is 8.88. The van der Waals surface area contributed by atoms with Gasteiger partial charge in [0.1, 0.15) is 0 Å². The van der Waals surface area contributed by atoms with Gasteiger partial charge in [0.05, 0.1) is 0 Å². The van der Waals surface area contributed by atoms with E-state index in [9.17, 15) is 4.79 Å². The van der Waals surface area contributed by atoms with Crippen molar-refractivity contribution in [2.24, 2.45) is 5.41 Å². The Hall–Kier alpha value is -1.81. The summed E-state index contributed by atoms with van der Waals surface area (Å²) in [6, 6.07) is 10.5. The fourth-order valence-corrected chi connectivity index (χ4v) is 2.67. The molecule has 1 aromatic carbocycles. The number of piperazine rings is 1. The smallest absolute Gasteiger partial charge is 0.317 e. The maximum Gasteiger partial charge on any atom is 0.317 e. The molecule has 0 radical (unpaired) electrons. The highest BCUT2D eigenvalue weighted by atomic mass is 16.2. The number of carbonyl (C=O) groups is 1. The van der Waals surface area contributed by atoms with Crippen LogP contribution in [0.1, 0.15) is 32.8 Å². The average molecular weight is 329 g/mol. The summed E-state index contributed by atoms with van der Waals surface area (Å²) in [7, 11) is 0. The van der Waals surface area contributed by atoms with Gasteiger partial charge in [-0.05, 0) is 17.4 Å². The normalized spacial score (nSPS) is 16.5. The standard InChI is InChI=1S/C20H31N3O/c1-20(2,3)17-21-19(24)23-15-13-22(14-16-23)12-8-7-11-18-9-5-4-6-10-18/h4-7,9-11H,8,12-17H2,1-3H3,(H,21,24)/b11-7+. The Morgan fingerprint density at radius 3 is 2.42 bits per heavy atom. The van der Waals surface area contributed by atoms with Gasteiger partial charge < -0.3 is 10.2 Å². The highest BCUT2D eigenvalue weighted by molar-refractivity contribution is 5.74. The number of carbonyl (C=O) groups excluding carboxylic acids is 1. The monoisotopic (exact) mass is 329 g/mol. The van der Waals surface area contributed by atoms with Crippen molar-refractivity contribution in [3.8, 4) is 0 Å². The zero-order valence-corrected chi connectivity index (χ0v) is 15.3. The van der Waals surface area contributed by atoms with Crippen LogP contribution in [0.2, 0.25) is 0 Å². The van der Waals surface area contributed by atoms with Crippen molar-refractivity contribution in [3.05, 3.63) is 42.0 Å². The van der Waals surface area contributed by atoms with Gasteiger partial charge in [-0.3, -0.25) is 4.90 Å². The molecule has 1 heterocycles. The minimum Gasteiger partial charge on any atom is -0.337 e. The lowest BCUT2D eigenvalue weighted by Gasteiger charge is -2.35. The van der Waals surface area contributed by atoms with Crippen molar-refractivity contribution in [1.82, 2.24) is 15.1 Å². The average Bonchev–Trinajstić information content (AvgIpc) is 2.57. The lowest BCUT2D eigenvalue weighted by atomic mass is 9.97. The van der Waals surface area contributed by atoms with E-state index < -0.39 is 0 Å². The highest BCUT2D eigenvalue weighted by Gasteiger charge is 2.21. The van der Waals surface area contributed by atoms with Crippen LogP contribution in [0.4, 0.5) is 4.79 Å². The van der Waals surface area contributed by atoms with E-state index >= 15 is 0 Å². The van der Waals surface area contributed by atoms with E-state index in [-0.39, 0.29) is 11.4 Å². The van der Waals surface area contributed by atoms with Gasteiger partial charge in [0, 0.05) is 39.3 Å². The molecule has 0 aliphatic carbocycles. The van der Waals surface area contributed by atoms with Crippen LogP contribution in [0.15, 0.2) is 36.4 Å². The molecule has 0 bridgehead atoms. The van der Waals surface area contributed by atoms with Gasteiger partial charge in [0.25, 0.3) is 0 Å². The fourth-order valence-electron chi connectivity index (χ4n) is 2.67. The first-order valence-electron chi connectivity index (χ1n) is 8.91. The van der Waals surface area contributed by atoms with Crippen molar-refractivity contribution in [2.75, 3.05) is 39.3 Å². The minimum absolute atomic E-state index is 0.0774. The molecule has 2 amide bonds. The zero-order valence-electron chi connectivity index (χ0n) is 15.3. The second-order valence-electron chi connectivity index (χ2n) is 7.65. The summed E-state index contributed by atoms with van der Waals surface area (Å²) in [5, 5.41) is 3.03. The number of amides is 2. The quantitative estimate of drug-likeness (QED) is 0.898. The summed E-state index contributed by atoms with van der Waals surface area (Å²) in [6.45, 7) is 11.7. The van der Waals surface area contributed by atoms with Crippen LogP contribution in [0.5, 0.6) is 0 Å². The fraction of sp³-hybridized carbons (Fsp3) is 0.550. The lowest BCUT2D eigenvalue weighted by Crippen LogP contribution is -2.52. The van der Waals surface area contributed by atoms with E-state index in [4.69, 9.17) is 0 Å². The molecule has 0 atom stereocenters. The molecular weight excluding hydrogens is 298 g/mol. The molecule has 0 aromatic heterocycles. The van der Waals surface area contributed by atoms with E-state index in [1.807, 2.05) is 11.0 Å². The van der Waals surface area contributed by atoms with Gasteiger partial charge in [-0.1, -0.05) is 63.3 Å². The molecule has 1 aliphatic heterocycles. The van der Waals surface area contributed by atoms with Crippen molar-refractivity contribution < 1.29 is 4.79 Å². The molecule has 4 nitrogen and oxygen atoms in total. The maximum atomic E-state index is 12.2. The molecule has 0 spiro atoms. The first-order chi connectivity index (χ1) is 11.4. The summed E-state index contributed by atoms with van der Waals surface area (Å²) in [5.74, 6) is 0. The highest BCUT2D eigenvalue weighted by Crippen LogP contribution is 2.11. The van der Waals surface area contributed by atoms with Crippen molar-refractivity contribution in [2.45, 2.75) is 27.2 Å². The third-order valence-corrected chi connectivity index (χ3v) is 4.15. The molecule has 132 valence electrons. The molecule has 0 unspecified atom stereocenters. The largest absolute Gasteiger partial charge is 0.337 e. The van der Waals surface area contributed by atoms with Crippen molar-refractivity contribution in [1.29, 1.82) is 0 Å². The number of nitrogens with zero attached hydrogens (tertiary/aromatic N) is 2. The number of hydrogen-bond donors (Lipinski definition) is 1. The van der Waals surface area contributed by atoms with Crippen LogP contribution in [0.3, 0.4) is 0 Å². The molecule has 1 aromatic rings. The number of rotatable bonds is 5. The molecule has 4 heteroatoms. The minimum atomic E-state index is 0.0774. The Balaban J connectivity index is 1.64. The van der Waals surface area contributed by atoms with E-state index in [2.05, 4.69) is 67.4 Å². The van der Waals surface area contributed by atoms with Crippen LogP contribution in [0.25, 0.3) is 6.08 Å². The van der Waals surface area contributed by atoms with Gasteiger partial charge >= 0.3 is 6.03 Å². The lowest BCUT2D eigenvalue weighted by molar-refractivity contribution is 0.138. The first-order valence-corrected chi connectivity index (χ1v) is 8.91. The third kappa shape index (κ3) is 6.75. The van der Waals surface area contributed by atoms with Crippen LogP contribution in [-0.2, 0) is 0 Å². The molecule has 1 N–H and O–H groups in total. The van der Waals surface area contributed by atoms with Gasteiger partial charge in [-0.15, -0.1) is 0 Å². The Kier molecular flexibility index (Phi) is 6.85. The summed E-state index contributed by atoms with van der Waals surface area (Å²) in [6.07, 6.45) is 5.46. The topological polar surface area (TPSA) is 35.6 Å². The predicted molar refractivity (Wildman–Crippen MR) is 101 cm³/mol. The molecule has 1 aliphatic rings. The maximum absolute atomic E-state index is 12.2. The molecular formula is C20H31N3O. The van der Waals surface area contributed by atoms with Crippen LogP contribution in [0, 0.1) is 5.41 Å². The summed E-state index contributed by atoms with van der Waals surface area (Å²) < 4.78 is 0. The summed E-state index contributed by atoms with van der Waals surface area (Å²) >= 11 is 0. The van der Waals surface area contributed by atoms with Gasteiger partial charge in [0.15, 0.2) is 0 Å². The molecule has 1 saturated heterocycles. The van der Waals surface area contributed by atoms with E-state index in [1.54, 1.807) is 0 Å². The predicted octanol–water partition coefficient (Wildman–Crippen LogP) is 3.46. The van der Waals surface area contributed by atoms with E-state index in [1.165, 1.54) is 5.56 Å². The van der Waals surface area contributed by atoms with Crippen molar-refractivity contribution in [3.63, 3.8) is 0 Å². The Bertz CT molecular complexity index is 526. The van der Waals surface area contributed by atoms with Gasteiger partial charge in [-0.2, -0.15) is 0 Å². The van der Waals surface area contributed by atoms with Crippen LogP contribution >= 0.6 is 0 Å². The summed E-state index contributed by atoms with van der Waals surface area (Å²) in [4.78, 5) is 16.5. The zero-order chi connectivity index (χ0) is 17.4. The van der Waals surface area contributed by atoms with Crippen molar-refractivity contribution >= 4 is 12.1 Å². The van der Waals surface area contributed by atoms with Crippen LogP contribution < -0.4 is 5.32 Å². The Morgan fingerprint density at radius 2 is 1.79 bits per heavy atom. The molecule has 0 saturated carbocycles. The van der Waals surface area contributed by atoms with Crippen LogP contribution in [-0.4, -0.2) is 55.1 Å². The molecule has 2 rings (SSSR count). The first kappa shape index (κ1) is 18.5. The van der Waals surface area contributed by atoms with E-state index in [0.717, 1.165) is 45.7 Å². The Morgan fingerprint density at radius 1 is 1.12 bits per heavy atom. The SMILES string of the molecule is CC(C)(C)CNC(=O)N1CCN(CC/C=C/c2ccccc2)CC1. The van der Waals surface area contributed by atoms with E-state index in [0.29, 0.717) is 0 Å². The number of benzene rings is 1. The Labute approximate surface area is 146 Å². The van der Waals surface area contributed by atoms with Gasteiger partial charge in [-0.25, -0.2) is 4.79 Å². The second-order valence-corrected chi connectivity index (χ2v) is 7.65. The summed E-state index contributed by atoms with van der Waals surface area (Å²) in [5.41, 5.74) is 1.38. The molecule has 24 heavy (non-hydrogen) atoms. The number of nitrogens with one attached hydrogen (secondary N) is 1. The molecule has 1 fully saturated rings. The van der Waals surface area contributed by atoms with Gasteiger partial charge in [0.2, 0.25) is 0 Å². The number of urea groups is 1. The third-order valence-electron chi connectivity index (χ3n) is 4.15.